The summed E-state index contributed by atoms with van der Waals surface area (Å²) in [5, 5.41) is 11.1. The smallest absolute Gasteiger partial charge is 0.240 e. The maximum Gasteiger partial charge on any atom is 0.240 e. The van der Waals surface area contributed by atoms with E-state index in [-0.39, 0.29) is 12.0 Å². The van der Waals surface area contributed by atoms with E-state index in [1.807, 2.05) is 6.07 Å². The largest absolute Gasteiger partial charge is 0.368 e. The number of carbonyl (C=O) groups excluding carboxylic acids is 2. The Balaban J connectivity index is 2.06. The molecule has 0 fully saturated rings. The molecule has 2 amide bonds. The fourth-order valence-corrected chi connectivity index (χ4v) is 2.28. The number of nitrogens with zero attached hydrogens (tertiary/aromatic N) is 1. The van der Waals surface area contributed by atoms with Gasteiger partial charge in [-0.15, -0.1) is 0 Å². The number of hydrogen-bond donors (Lipinski definition) is 2. The van der Waals surface area contributed by atoms with Crippen molar-refractivity contribution in [3.63, 3.8) is 0 Å². The number of halogens is 2. The van der Waals surface area contributed by atoms with Crippen LogP contribution in [0, 0.1) is 23.0 Å². The van der Waals surface area contributed by atoms with E-state index in [2.05, 4.69) is 5.32 Å². The van der Waals surface area contributed by atoms with Crippen LogP contribution < -0.4 is 11.1 Å². The average molecular weight is 343 g/mol. The first kappa shape index (κ1) is 18.1. The summed E-state index contributed by atoms with van der Waals surface area (Å²) in [6.45, 7) is 0. The number of nitrogens with one attached hydrogen (secondary N) is 1. The lowest BCUT2D eigenvalue weighted by molar-refractivity contribution is -0.127. The van der Waals surface area contributed by atoms with Gasteiger partial charge in [-0.05, 0) is 29.8 Å². The van der Waals surface area contributed by atoms with Crippen molar-refractivity contribution in [2.24, 2.45) is 5.73 Å². The second-order valence-electron chi connectivity index (χ2n) is 5.41. The molecule has 1 atom stereocenters. The molecule has 25 heavy (non-hydrogen) atoms. The second kappa shape index (κ2) is 8.02. The number of carbonyl (C=O) groups is 2. The SMILES string of the molecule is N#Cc1ccc(C[C@@H](NC(=O)Cc2c(F)cccc2F)C(N)=O)cc1. The van der Waals surface area contributed by atoms with E-state index in [0.717, 1.165) is 12.1 Å². The predicted molar refractivity (Wildman–Crippen MR) is 86.0 cm³/mol. The lowest BCUT2D eigenvalue weighted by Crippen LogP contribution is -2.46. The van der Waals surface area contributed by atoms with Crippen LogP contribution in [0.4, 0.5) is 8.78 Å². The summed E-state index contributed by atoms with van der Waals surface area (Å²) >= 11 is 0. The Kier molecular flexibility index (Phi) is 5.79. The summed E-state index contributed by atoms with van der Waals surface area (Å²) in [6.07, 6.45) is -0.442. The standard InChI is InChI=1S/C18H15F2N3O2/c19-14-2-1-3-15(20)13(14)9-17(24)23-16(18(22)25)8-11-4-6-12(10-21)7-5-11/h1-7,16H,8-9H2,(H2,22,25)(H,23,24)/t16-/m1/s1. The molecule has 0 saturated carbocycles. The van der Waals surface area contributed by atoms with Gasteiger partial charge in [-0.3, -0.25) is 9.59 Å². The maximum absolute atomic E-state index is 13.6. The molecule has 3 N–H and O–H groups in total. The van der Waals surface area contributed by atoms with Gasteiger partial charge in [0.1, 0.15) is 17.7 Å². The predicted octanol–water partition coefficient (Wildman–Crippen LogP) is 1.59. The lowest BCUT2D eigenvalue weighted by atomic mass is 10.0. The van der Waals surface area contributed by atoms with Crippen LogP contribution in [0.25, 0.3) is 0 Å². The highest BCUT2D eigenvalue weighted by molar-refractivity contribution is 5.87. The van der Waals surface area contributed by atoms with Crippen molar-refractivity contribution in [2.45, 2.75) is 18.9 Å². The molecule has 2 aromatic carbocycles. The number of nitrogens with two attached hydrogens (primary N) is 1. The third kappa shape index (κ3) is 4.85. The molecule has 5 nitrogen and oxygen atoms in total. The van der Waals surface area contributed by atoms with Crippen LogP contribution in [-0.2, 0) is 22.4 Å². The van der Waals surface area contributed by atoms with E-state index in [9.17, 15) is 18.4 Å². The van der Waals surface area contributed by atoms with Gasteiger partial charge in [-0.1, -0.05) is 18.2 Å². The first-order valence-corrected chi connectivity index (χ1v) is 7.41. The summed E-state index contributed by atoms with van der Waals surface area (Å²) in [6, 6.07) is 10.7. The number of hydrogen-bond acceptors (Lipinski definition) is 3. The number of primary amides is 1. The average Bonchev–Trinajstić information content (AvgIpc) is 2.58. The molecule has 0 bridgehead atoms. The highest BCUT2D eigenvalue weighted by atomic mass is 19.1. The van der Waals surface area contributed by atoms with Crippen LogP contribution in [0.2, 0.25) is 0 Å². The molecular weight excluding hydrogens is 328 g/mol. The molecule has 0 heterocycles. The third-order valence-electron chi connectivity index (χ3n) is 3.60. The minimum atomic E-state index is -1.03. The zero-order valence-electron chi connectivity index (χ0n) is 13.1. The van der Waals surface area contributed by atoms with Gasteiger partial charge in [0.2, 0.25) is 11.8 Å². The zero-order chi connectivity index (χ0) is 18.4. The van der Waals surface area contributed by atoms with E-state index in [0.29, 0.717) is 11.1 Å². The van der Waals surface area contributed by atoms with E-state index in [1.54, 1.807) is 24.3 Å². The fraction of sp³-hybridized carbons (Fsp3) is 0.167. The van der Waals surface area contributed by atoms with Gasteiger partial charge < -0.3 is 11.1 Å². The number of benzene rings is 2. The summed E-state index contributed by atoms with van der Waals surface area (Å²) in [7, 11) is 0. The first-order chi connectivity index (χ1) is 11.9. The Morgan fingerprint density at radius 2 is 1.72 bits per heavy atom. The summed E-state index contributed by atoms with van der Waals surface area (Å²) < 4.78 is 27.2. The van der Waals surface area contributed by atoms with Crippen LogP contribution >= 0.6 is 0 Å². The minimum absolute atomic E-state index is 0.104. The first-order valence-electron chi connectivity index (χ1n) is 7.41. The highest BCUT2D eigenvalue weighted by Crippen LogP contribution is 2.13. The highest BCUT2D eigenvalue weighted by Gasteiger charge is 2.20. The van der Waals surface area contributed by atoms with E-state index < -0.39 is 35.9 Å². The molecule has 0 unspecified atom stereocenters. The van der Waals surface area contributed by atoms with Crippen molar-refractivity contribution < 1.29 is 18.4 Å². The van der Waals surface area contributed by atoms with Crippen molar-refractivity contribution in [2.75, 3.05) is 0 Å². The Hall–Kier alpha value is -3.27. The molecule has 0 saturated heterocycles. The number of nitriles is 1. The van der Waals surface area contributed by atoms with Crippen molar-refractivity contribution >= 4 is 11.8 Å². The van der Waals surface area contributed by atoms with Crippen LogP contribution in [0.15, 0.2) is 42.5 Å². The van der Waals surface area contributed by atoms with Gasteiger partial charge in [0, 0.05) is 12.0 Å². The molecule has 7 heteroatoms. The Labute approximate surface area is 143 Å². The summed E-state index contributed by atoms with van der Waals surface area (Å²) in [5.74, 6) is -3.16. The topological polar surface area (TPSA) is 96.0 Å². The number of amides is 2. The summed E-state index contributed by atoms with van der Waals surface area (Å²) in [5.41, 5.74) is 6.05. The molecular formula is C18H15F2N3O2. The fourth-order valence-electron chi connectivity index (χ4n) is 2.28. The van der Waals surface area contributed by atoms with E-state index in [4.69, 9.17) is 11.0 Å². The van der Waals surface area contributed by atoms with Crippen molar-refractivity contribution in [3.05, 3.63) is 70.8 Å². The Morgan fingerprint density at radius 3 is 2.24 bits per heavy atom. The van der Waals surface area contributed by atoms with Crippen molar-refractivity contribution in [1.82, 2.24) is 5.32 Å². The monoisotopic (exact) mass is 343 g/mol. The van der Waals surface area contributed by atoms with Crippen molar-refractivity contribution in [1.29, 1.82) is 5.26 Å². The van der Waals surface area contributed by atoms with Gasteiger partial charge in [-0.25, -0.2) is 8.78 Å². The van der Waals surface area contributed by atoms with Gasteiger partial charge in [-0.2, -0.15) is 5.26 Å². The van der Waals surface area contributed by atoms with Crippen LogP contribution in [0.3, 0.4) is 0 Å². The minimum Gasteiger partial charge on any atom is -0.368 e. The van der Waals surface area contributed by atoms with Crippen LogP contribution in [0.5, 0.6) is 0 Å². The molecule has 0 aliphatic carbocycles. The normalized spacial score (nSPS) is 11.4. The number of rotatable bonds is 6. The van der Waals surface area contributed by atoms with Gasteiger partial charge in [0.25, 0.3) is 0 Å². The van der Waals surface area contributed by atoms with Crippen LogP contribution in [0.1, 0.15) is 16.7 Å². The molecule has 0 radical (unpaired) electrons. The molecule has 0 spiro atoms. The molecule has 0 aliphatic heterocycles. The quantitative estimate of drug-likeness (QED) is 0.834. The lowest BCUT2D eigenvalue weighted by Gasteiger charge is -2.16. The molecule has 0 aliphatic rings. The van der Waals surface area contributed by atoms with Gasteiger partial charge in [0.15, 0.2) is 0 Å². The summed E-state index contributed by atoms with van der Waals surface area (Å²) in [4.78, 5) is 23.6. The Bertz CT molecular complexity index is 809. The third-order valence-corrected chi connectivity index (χ3v) is 3.60. The molecule has 2 rings (SSSR count). The molecule has 2 aromatic rings. The van der Waals surface area contributed by atoms with E-state index in [1.165, 1.54) is 6.07 Å². The second-order valence-corrected chi connectivity index (χ2v) is 5.41. The zero-order valence-corrected chi connectivity index (χ0v) is 13.1. The molecule has 0 aromatic heterocycles. The van der Waals surface area contributed by atoms with Gasteiger partial charge >= 0.3 is 0 Å². The molecule has 128 valence electrons. The van der Waals surface area contributed by atoms with E-state index >= 15 is 0 Å². The van der Waals surface area contributed by atoms with Crippen molar-refractivity contribution in [3.8, 4) is 6.07 Å². The van der Waals surface area contributed by atoms with Crippen LogP contribution in [-0.4, -0.2) is 17.9 Å². The maximum atomic E-state index is 13.6. The Morgan fingerprint density at radius 1 is 1.12 bits per heavy atom. The van der Waals surface area contributed by atoms with Gasteiger partial charge in [0.05, 0.1) is 18.1 Å².